The number of rotatable bonds is 7. The minimum absolute atomic E-state index is 0.0616. The van der Waals surface area contributed by atoms with Gasteiger partial charge in [-0.1, -0.05) is 5.21 Å². The minimum atomic E-state index is -0.117. The third kappa shape index (κ3) is 3.64. The quantitative estimate of drug-likeness (QED) is 0.668. The van der Waals surface area contributed by atoms with E-state index in [0.717, 1.165) is 18.7 Å². The van der Waals surface area contributed by atoms with Crippen LogP contribution in [-0.2, 0) is 11.3 Å². The molecule has 1 aromatic carbocycles. The van der Waals surface area contributed by atoms with Gasteiger partial charge in [0, 0.05) is 31.6 Å². The van der Waals surface area contributed by atoms with Crippen molar-refractivity contribution in [1.29, 1.82) is 0 Å². The molecule has 30 heavy (non-hydrogen) atoms. The maximum Gasteiger partial charge on any atom is 0.254 e. The molecule has 0 atom stereocenters. The SMILES string of the molecule is COc1cc(C(=O)N2CC(n3cc(CN4CCCC4=O)nn3)C2)cc(OC)c1OC. The molecule has 2 aliphatic heterocycles. The van der Waals surface area contributed by atoms with E-state index < -0.39 is 0 Å². The summed E-state index contributed by atoms with van der Waals surface area (Å²) < 4.78 is 17.7. The number of carbonyl (C=O) groups is 2. The molecule has 10 heteroatoms. The van der Waals surface area contributed by atoms with E-state index in [1.807, 2.05) is 6.20 Å². The number of benzene rings is 1. The molecule has 0 bridgehead atoms. The summed E-state index contributed by atoms with van der Waals surface area (Å²) in [4.78, 5) is 28.2. The summed E-state index contributed by atoms with van der Waals surface area (Å²) in [6.07, 6.45) is 3.36. The van der Waals surface area contributed by atoms with Gasteiger partial charge in [0.15, 0.2) is 11.5 Å². The van der Waals surface area contributed by atoms with E-state index in [9.17, 15) is 9.59 Å². The number of amides is 2. The lowest BCUT2D eigenvalue weighted by Gasteiger charge is -2.39. The second-order valence-corrected chi connectivity index (χ2v) is 7.39. The molecule has 2 aliphatic rings. The van der Waals surface area contributed by atoms with E-state index in [1.165, 1.54) is 21.3 Å². The molecule has 0 spiro atoms. The molecule has 0 N–H and O–H groups in total. The van der Waals surface area contributed by atoms with E-state index in [2.05, 4.69) is 10.3 Å². The number of hydrogen-bond donors (Lipinski definition) is 0. The van der Waals surface area contributed by atoms with Crippen LogP contribution in [0.15, 0.2) is 18.3 Å². The lowest BCUT2D eigenvalue weighted by atomic mass is 10.1. The molecule has 0 saturated carbocycles. The maximum absolute atomic E-state index is 12.9. The third-order valence-electron chi connectivity index (χ3n) is 5.52. The van der Waals surface area contributed by atoms with Gasteiger partial charge in [-0.15, -0.1) is 5.10 Å². The first-order valence-corrected chi connectivity index (χ1v) is 9.81. The monoisotopic (exact) mass is 415 g/mol. The van der Waals surface area contributed by atoms with E-state index in [1.54, 1.807) is 26.6 Å². The van der Waals surface area contributed by atoms with Crippen LogP contribution in [0.5, 0.6) is 17.2 Å². The largest absolute Gasteiger partial charge is 0.493 e. The average Bonchev–Trinajstić information content (AvgIpc) is 3.35. The van der Waals surface area contributed by atoms with Crippen LogP contribution >= 0.6 is 0 Å². The topological polar surface area (TPSA) is 99.0 Å². The van der Waals surface area contributed by atoms with E-state index in [-0.39, 0.29) is 17.9 Å². The number of aromatic nitrogens is 3. The van der Waals surface area contributed by atoms with Crippen molar-refractivity contribution in [3.63, 3.8) is 0 Å². The highest BCUT2D eigenvalue weighted by Crippen LogP contribution is 2.39. The van der Waals surface area contributed by atoms with Crippen molar-refractivity contribution in [2.75, 3.05) is 41.0 Å². The Hall–Kier alpha value is -3.30. The Labute approximate surface area is 174 Å². The zero-order valence-corrected chi connectivity index (χ0v) is 17.3. The van der Waals surface area contributed by atoms with Gasteiger partial charge in [-0.3, -0.25) is 9.59 Å². The molecule has 3 heterocycles. The smallest absolute Gasteiger partial charge is 0.254 e. The van der Waals surface area contributed by atoms with Gasteiger partial charge in [0.1, 0.15) is 5.69 Å². The van der Waals surface area contributed by atoms with Gasteiger partial charge in [-0.2, -0.15) is 0 Å². The molecule has 4 rings (SSSR count). The molecular weight excluding hydrogens is 390 g/mol. The molecular formula is C20H25N5O5. The van der Waals surface area contributed by atoms with Crippen molar-refractivity contribution in [3.05, 3.63) is 29.6 Å². The molecule has 2 aromatic rings. The van der Waals surface area contributed by atoms with Crippen LogP contribution in [0.25, 0.3) is 0 Å². The van der Waals surface area contributed by atoms with Crippen LogP contribution in [0, 0.1) is 0 Å². The van der Waals surface area contributed by atoms with Crippen molar-refractivity contribution in [1.82, 2.24) is 24.8 Å². The van der Waals surface area contributed by atoms with Gasteiger partial charge < -0.3 is 24.0 Å². The highest BCUT2D eigenvalue weighted by molar-refractivity contribution is 5.96. The van der Waals surface area contributed by atoms with Crippen molar-refractivity contribution < 1.29 is 23.8 Å². The standard InChI is InChI=1S/C20H25N5O5/c1-28-16-7-13(8-17(29-2)19(16)30-3)20(27)24-11-15(12-24)25-10-14(21-22-25)9-23-6-4-5-18(23)26/h7-8,10,15H,4-6,9,11-12H2,1-3H3. The molecule has 10 nitrogen and oxygen atoms in total. The van der Waals surface area contributed by atoms with Crippen LogP contribution in [0.2, 0.25) is 0 Å². The number of likely N-dealkylation sites (tertiary alicyclic amines) is 2. The first-order valence-electron chi connectivity index (χ1n) is 9.81. The van der Waals surface area contributed by atoms with E-state index in [4.69, 9.17) is 14.2 Å². The number of methoxy groups -OCH3 is 3. The number of carbonyl (C=O) groups excluding carboxylic acids is 2. The summed E-state index contributed by atoms with van der Waals surface area (Å²) in [6, 6.07) is 3.36. The summed E-state index contributed by atoms with van der Waals surface area (Å²) in [5, 5.41) is 8.36. The van der Waals surface area contributed by atoms with Crippen LogP contribution < -0.4 is 14.2 Å². The fourth-order valence-electron chi connectivity index (χ4n) is 3.81. The Morgan fingerprint density at radius 1 is 1.13 bits per heavy atom. The van der Waals surface area contributed by atoms with Gasteiger partial charge in [0.05, 0.1) is 40.1 Å². The number of ether oxygens (including phenoxy) is 3. The lowest BCUT2D eigenvalue weighted by molar-refractivity contribution is -0.128. The van der Waals surface area contributed by atoms with Crippen molar-refractivity contribution in [2.45, 2.75) is 25.4 Å². The van der Waals surface area contributed by atoms with Gasteiger partial charge in [-0.05, 0) is 18.6 Å². The van der Waals surface area contributed by atoms with Gasteiger partial charge >= 0.3 is 0 Å². The predicted octanol–water partition coefficient (Wildman–Crippen LogP) is 1.12. The van der Waals surface area contributed by atoms with Gasteiger partial charge in [-0.25, -0.2) is 4.68 Å². The summed E-state index contributed by atoms with van der Waals surface area (Å²) in [5.74, 6) is 1.37. The fourth-order valence-corrected chi connectivity index (χ4v) is 3.81. The highest BCUT2D eigenvalue weighted by Gasteiger charge is 2.34. The van der Waals surface area contributed by atoms with Crippen LogP contribution in [0.4, 0.5) is 0 Å². The second-order valence-electron chi connectivity index (χ2n) is 7.39. The zero-order chi connectivity index (χ0) is 21.3. The normalized spacial score (nSPS) is 16.6. The molecule has 2 saturated heterocycles. The molecule has 160 valence electrons. The molecule has 0 radical (unpaired) electrons. The summed E-state index contributed by atoms with van der Waals surface area (Å²) in [5.41, 5.74) is 1.23. The highest BCUT2D eigenvalue weighted by atomic mass is 16.5. The zero-order valence-electron chi connectivity index (χ0n) is 17.3. The van der Waals surface area contributed by atoms with Crippen molar-refractivity contribution in [3.8, 4) is 17.2 Å². The first kappa shape index (κ1) is 20.0. The van der Waals surface area contributed by atoms with E-state index in [0.29, 0.717) is 48.9 Å². The number of nitrogens with zero attached hydrogens (tertiary/aromatic N) is 5. The molecule has 2 fully saturated rings. The summed E-state index contributed by atoms with van der Waals surface area (Å²) >= 11 is 0. The van der Waals surface area contributed by atoms with Gasteiger partial charge in [0.2, 0.25) is 11.7 Å². The summed E-state index contributed by atoms with van der Waals surface area (Å²) in [7, 11) is 4.56. The Morgan fingerprint density at radius 3 is 2.40 bits per heavy atom. The minimum Gasteiger partial charge on any atom is -0.493 e. The molecule has 1 aromatic heterocycles. The van der Waals surface area contributed by atoms with Crippen molar-refractivity contribution in [2.24, 2.45) is 0 Å². The number of hydrogen-bond acceptors (Lipinski definition) is 7. The Balaban J connectivity index is 1.40. The average molecular weight is 415 g/mol. The molecule has 0 unspecified atom stereocenters. The summed E-state index contributed by atoms with van der Waals surface area (Å²) in [6.45, 7) is 2.31. The Morgan fingerprint density at radius 2 is 1.83 bits per heavy atom. The third-order valence-corrected chi connectivity index (χ3v) is 5.52. The maximum atomic E-state index is 12.9. The predicted molar refractivity (Wildman–Crippen MR) is 106 cm³/mol. The fraction of sp³-hybridized carbons (Fsp3) is 0.500. The molecule has 0 aliphatic carbocycles. The van der Waals surface area contributed by atoms with Crippen LogP contribution in [-0.4, -0.2) is 77.6 Å². The lowest BCUT2D eigenvalue weighted by Crippen LogP contribution is -2.50. The van der Waals surface area contributed by atoms with Crippen LogP contribution in [0.3, 0.4) is 0 Å². The van der Waals surface area contributed by atoms with Gasteiger partial charge in [0.25, 0.3) is 5.91 Å². The van der Waals surface area contributed by atoms with Crippen LogP contribution in [0.1, 0.15) is 34.9 Å². The Bertz CT molecular complexity index is 928. The first-order chi connectivity index (χ1) is 14.5. The Kier molecular flexibility index (Phi) is 5.47. The van der Waals surface area contributed by atoms with E-state index >= 15 is 0 Å². The second kappa shape index (κ2) is 8.21. The van der Waals surface area contributed by atoms with Crippen molar-refractivity contribution >= 4 is 11.8 Å². The molecule has 2 amide bonds.